The molecule has 0 aliphatic carbocycles. The van der Waals surface area contributed by atoms with Crippen molar-refractivity contribution >= 4 is 51.0 Å². The van der Waals surface area contributed by atoms with Gasteiger partial charge in [0.2, 0.25) is 10.9 Å². The maximum absolute atomic E-state index is 12.9. The maximum Gasteiger partial charge on any atom is 0.418 e. The van der Waals surface area contributed by atoms with Gasteiger partial charge >= 0.3 is 6.09 Å². The third-order valence-corrected chi connectivity index (χ3v) is 5.39. The van der Waals surface area contributed by atoms with E-state index in [1.165, 1.54) is 10.8 Å². The van der Waals surface area contributed by atoms with E-state index in [-0.39, 0.29) is 21.6 Å². The van der Waals surface area contributed by atoms with Gasteiger partial charge in [0.05, 0.1) is 17.7 Å². The van der Waals surface area contributed by atoms with Crippen LogP contribution in [0.1, 0.15) is 45.6 Å². The summed E-state index contributed by atoms with van der Waals surface area (Å²) in [5.41, 5.74) is 1.22. The van der Waals surface area contributed by atoms with Gasteiger partial charge in [0.25, 0.3) is 0 Å². The number of thiazole rings is 1. The first-order valence-electron chi connectivity index (χ1n) is 8.42. The Labute approximate surface area is 164 Å². The van der Waals surface area contributed by atoms with Crippen molar-refractivity contribution in [2.75, 3.05) is 12.9 Å². The normalized spacial score (nSPS) is 10.9. The summed E-state index contributed by atoms with van der Waals surface area (Å²) in [6, 6.07) is 7.14. The molecular weight excluding hydrogens is 384 g/mol. The van der Waals surface area contributed by atoms with Crippen molar-refractivity contribution in [1.82, 2.24) is 9.55 Å². The summed E-state index contributed by atoms with van der Waals surface area (Å²) in [5, 5.41) is 2.24. The largest absolute Gasteiger partial charge is 0.449 e. The summed E-state index contributed by atoms with van der Waals surface area (Å²) in [6.45, 7) is 2.34. The SMILES string of the molecule is CCCCOC(=O)n1cc(C(=O)c2nc(C(=O)SC)cs2)c2ccccc21. The van der Waals surface area contributed by atoms with Crippen LogP contribution in [0.25, 0.3) is 10.9 Å². The van der Waals surface area contributed by atoms with Gasteiger partial charge in [0.15, 0.2) is 5.01 Å². The van der Waals surface area contributed by atoms with E-state index < -0.39 is 6.09 Å². The number of aromatic nitrogens is 2. The second-order valence-electron chi connectivity index (χ2n) is 5.76. The number of thioether (sulfide) groups is 1. The Morgan fingerprint density at radius 3 is 2.78 bits per heavy atom. The molecule has 8 heteroatoms. The molecule has 0 aliphatic heterocycles. The number of unbranched alkanes of at least 4 members (excludes halogenated alkanes) is 1. The minimum absolute atomic E-state index is 0.188. The fourth-order valence-electron chi connectivity index (χ4n) is 2.58. The van der Waals surface area contributed by atoms with Gasteiger partial charge in [-0.1, -0.05) is 43.3 Å². The Morgan fingerprint density at radius 2 is 2.04 bits per heavy atom. The minimum atomic E-state index is -0.518. The third-order valence-electron chi connectivity index (χ3n) is 3.97. The molecule has 140 valence electrons. The van der Waals surface area contributed by atoms with Gasteiger partial charge in [-0.15, -0.1) is 11.3 Å². The average molecular weight is 402 g/mol. The van der Waals surface area contributed by atoms with Crippen LogP contribution < -0.4 is 0 Å². The molecule has 0 saturated heterocycles. The molecule has 0 unspecified atom stereocenters. The zero-order valence-corrected chi connectivity index (χ0v) is 16.6. The van der Waals surface area contributed by atoms with Gasteiger partial charge < -0.3 is 4.74 Å². The van der Waals surface area contributed by atoms with Gasteiger partial charge in [-0.05, 0) is 18.7 Å². The molecule has 0 amide bonds. The fourth-order valence-corrected chi connectivity index (χ4v) is 3.72. The van der Waals surface area contributed by atoms with E-state index >= 15 is 0 Å². The summed E-state index contributed by atoms with van der Waals surface area (Å²) < 4.78 is 6.62. The van der Waals surface area contributed by atoms with Crippen LogP contribution in [0.15, 0.2) is 35.8 Å². The second-order valence-corrected chi connectivity index (χ2v) is 7.39. The number of fused-ring (bicyclic) bond motifs is 1. The van der Waals surface area contributed by atoms with E-state index in [2.05, 4.69) is 4.98 Å². The topological polar surface area (TPSA) is 78.3 Å². The van der Waals surface area contributed by atoms with Crippen molar-refractivity contribution in [2.24, 2.45) is 0 Å². The highest BCUT2D eigenvalue weighted by molar-refractivity contribution is 8.13. The molecule has 3 aromatic rings. The van der Waals surface area contributed by atoms with Crippen LogP contribution in [0.2, 0.25) is 0 Å². The summed E-state index contributed by atoms with van der Waals surface area (Å²) in [6.07, 6.45) is 4.34. The van der Waals surface area contributed by atoms with Crippen LogP contribution in [0, 0.1) is 0 Å². The molecule has 0 fully saturated rings. The highest BCUT2D eigenvalue weighted by Gasteiger charge is 2.23. The van der Waals surface area contributed by atoms with E-state index in [0.717, 1.165) is 35.9 Å². The van der Waals surface area contributed by atoms with Crippen molar-refractivity contribution < 1.29 is 19.1 Å². The number of carbonyl (C=O) groups is 3. The molecule has 0 N–H and O–H groups in total. The van der Waals surface area contributed by atoms with Crippen LogP contribution in [-0.4, -0.2) is 39.4 Å². The lowest BCUT2D eigenvalue weighted by atomic mass is 10.1. The summed E-state index contributed by atoms with van der Waals surface area (Å²) in [5.74, 6) is -0.323. The number of hydrogen-bond donors (Lipinski definition) is 0. The van der Waals surface area contributed by atoms with Crippen molar-refractivity contribution in [3.05, 3.63) is 52.1 Å². The Bertz CT molecular complexity index is 1010. The van der Waals surface area contributed by atoms with Crippen LogP contribution in [0.4, 0.5) is 4.79 Å². The lowest BCUT2D eigenvalue weighted by molar-refractivity contribution is 0.104. The van der Waals surface area contributed by atoms with Crippen LogP contribution in [-0.2, 0) is 4.74 Å². The summed E-state index contributed by atoms with van der Waals surface area (Å²) in [7, 11) is 0. The molecule has 0 bridgehead atoms. The number of benzene rings is 1. The second kappa shape index (κ2) is 8.49. The summed E-state index contributed by atoms with van der Waals surface area (Å²) >= 11 is 2.17. The Kier molecular flexibility index (Phi) is 6.08. The summed E-state index contributed by atoms with van der Waals surface area (Å²) in [4.78, 5) is 41.3. The molecule has 0 aliphatic rings. The number of ketones is 1. The molecule has 0 atom stereocenters. The quantitative estimate of drug-likeness (QED) is 0.442. The van der Waals surface area contributed by atoms with Crippen LogP contribution >= 0.6 is 23.1 Å². The standard InChI is InChI=1S/C19H18N2O4S2/c1-3-4-9-25-19(24)21-10-13(12-7-5-6-8-15(12)21)16(22)17-20-14(11-27-17)18(23)26-2/h5-8,10-11H,3-4,9H2,1-2H3. The Balaban J connectivity index is 1.97. The van der Waals surface area contributed by atoms with Gasteiger partial charge in [-0.25, -0.2) is 9.78 Å². The molecule has 2 heterocycles. The monoisotopic (exact) mass is 402 g/mol. The van der Waals surface area contributed by atoms with Gasteiger partial charge in [-0.3, -0.25) is 14.2 Å². The fraction of sp³-hybridized carbons (Fsp3) is 0.263. The molecule has 6 nitrogen and oxygen atoms in total. The smallest absolute Gasteiger partial charge is 0.418 e. The van der Waals surface area contributed by atoms with E-state index in [9.17, 15) is 14.4 Å². The predicted octanol–water partition coefficient (Wildman–Crippen LogP) is 4.62. The molecule has 0 radical (unpaired) electrons. The predicted molar refractivity (Wildman–Crippen MR) is 107 cm³/mol. The average Bonchev–Trinajstić information content (AvgIpc) is 3.32. The molecule has 2 aromatic heterocycles. The zero-order chi connectivity index (χ0) is 19.4. The Hall–Kier alpha value is -2.45. The number of ether oxygens (including phenoxy) is 1. The van der Waals surface area contributed by atoms with Gasteiger partial charge in [0.1, 0.15) is 5.69 Å². The number of rotatable bonds is 6. The lowest BCUT2D eigenvalue weighted by Gasteiger charge is -2.05. The van der Waals surface area contributed by atoms with Gasteiger partial charge in [-0.2, -0.15) is 0 Å². The molecule has 27 heavy (non-hydrogen) atoms. The van der Waals surface area contributed by atoms with Crippen molar-refractivity contribution in [3.63, 3.8) is 0 Å². The minimum Gasteiger partial charge on any atom is -0.449 e. The number of carbonyl (C=O) groups excluding carboxylic acids is 3. The number of para-hydroxylation sites is 1. The number of hydrogen-bond acceptors (Lipinski definition) is 7. The first-order valence-corrected chi connectivity index (χ1v) is 10.5. The molecule has 0 spiro atoms. The maximum atomic E-state index is 12.9. The van der Waals surface area contributed by atoms with Crippen molar-refractivity contribution in [3.8, 4) is 0 Å². The molecule has 3 rings (SSSR count). The Morgan fingerprint density at radius 1 is 1.26 bits per heavy atom. The highest BCUT2D eigenvalue weighted by Crippen LogP contribution is 2.26. The first-order chi connectivity index (χ1) is 13.1. The van der Waals surface area contributed by atoms with Gasteiger partial charge in [0, 0.05) is 17.0 Å². The number of nitrogens with zero attached hydrogens (tertiary/aromatic N) is 2. The third kappa shape index (κ3) is 3.96. The first kappa shape index (κ1) is 19.3. The van der Waals surface area contributed by atoms with Crippen molar-refractivity contribution in [2.45, 2.75) is 19.8 Å². The molecular formula is C19H18N2O4S2. The van der Waals surface area contributed by atoms with E-state index in [4.69, 9.17) is 4.74 Å². The van der Waals surface area contributed by atoms with E-state index in [0.29, 0.717) is 23.1 Å². The molecule has 0 saturated carbocycles. The van der Waals surface area contributed by atoms with E-state index in [1.54, 1.807) is 35.9 Å². The van der Waals surface area contributed by atoms with Crippen molar-refractivity contribution in [1.29, 1.82) is 0 Å². The lowest BCUT2D eigenvalue weighted by Crippen LogP contribution is -2.13. The highest BCUT2D eigenvalue weighted by atomic mass is 32.2. The molecule has 1 aromatic carbocycles. The zero-order valence-electron chi connectivity index (χ0n) is 14.9. The van der Waals surface area contributed by atoms with Crippen LogP contribution in [0.3, 0.4) is 0 Å². The van der Waals surface area contributed by atoms with E-state index in [1.807, 2.05) is 6.92 Å². The van der Waals surface area contributed by atoms with Crippen LogP contribution in [0.5, 0.6) is 0 Å².